The first-order chi connectivity index (χ1) is 8.22. The predicted molar refractivity (Wildman–Crippen MR) is 67.5 cm³/mol. The Kier molecular flexibility index (Phi) is 3.39. The highest BCUT2D eigenvalue weighted by Gasteiger charge is 2.18. The minimum atomic E-state index is -0.0394. The van der Waals surface area contributed by atoms with Gasteiger partial charge in [0.25, 0.3) is 0 Å². The molecule has 0 amide bonds. The maximum absolute atomic E-state index is 5.93. The summed E-state index contributed by atoms with van der Waals surface area (Å²) in [5.74, 6) is 1.39. The number of hydrogen-bond donors (Lipinski definition) is 3. The van der Waals surface area contributed by atoms with Crippen molar-refractivity contribution in [1.29, 1.82) is 0 Å². The molecule has 0 aromatic carbocycles. The molecule has 0 saturated heterocycles. The lowest BCUT2D eigenvalue weighted by atomic mass is 10.1. The summed E-state index contributed by atoms with van der Waals surface area (Å²) in [6, 6.07) is 2.00. The summed E-state index contributed by atoms with van der Waals surface area (Å²) in [5, 5.41) is 3.36. The molecule has 5 heteroatoms. The number of imidazole rings is 1. The van der Waals surface area contributed by atoms with Gasteiger partial charge in [0.15, 0.2) is 0 Å². The van der Waals surface area contributed by atoms with Gasteiger partial charge in [0, 0.05) is 24.2 Å². The van der Waals surface area contributed by atoms with Gasteiger partial charge >= 0.3 is 0 Å². The lowest BCUT2D eigenvalue weighted by Crippen LogP contribution is -2.24. The normalized spacial score (nSPS) is 12.6. The number of pyridine rings is 1. The third-order valence-corrected chi connectivity index (χ3v) is 2.60. The molecule has 2 aromatic rings. The first-order valence-corrected chi connectivity index (χ1v) is 5.67. The number of nitrogens with zero attached hydrogens (tertiary/aromatic N) is 2. The number of H-pyrrole nitrogens is 1. The second kappa shape index (κ2) is 4.97. The van der Waals surface area contributed by atoms with Crippen LogP contribution in [0, 0.1) is 6.92 Å². The van der Waals surface area contributed by atoms with E-state index in [9.17, 15) is 0 Å². The molecule has 0 bridgehead atoms. The van der Waals surface area contributed by atoms with E-state index in [2.05, 4.69) is 27.2 Å². The molecule has 1 unspecified atom stereocenters. The summed E-state index contributed by atoms with van der Waals surface area (Å²) >= 11 is 0. The summed E-state index contributed by atoms with van der Waals surface area (Å²) in [7, 11) is 0. The van der Waals surface area contributed by atoms with E-state index in [0.717, 1.165) is 23.5 Å². The molecule has 90 valence electrons. The molecule has 0 saturated carbocycles. The molecule has 0 aliphatic heterocycles. The average Bonchev–Trinajstić information content (AvgIpc) is 2.83. The van der Waals surface area contributed by atoms with Gasteiger partial charge in [0.1, 0.15) is 11.6 Å². The summed E-state index contributed by atoms with van der Waals surface area (Å²) in [5.41, 5.74) is 7.98. The zero-order chi connectivity index (χ0) is 12.3. The highest BCUT2D eigenvalue weighted by molar-refractivity contribution is 5.45. The van der Waals surface area contributed by atoms with E-state index in [-0.39, 0.29) is 6.04 Å². The van der Waals surface area contributed by atoms with Crippen molar-refractivity contribution >= 4 is 5.82 Å². The number of aromatic amines is 1. The molecular weight excluding hydrogens is 214 g/mol. The Labute approximate surface area is 100 Å². The van der Waals surface area contributed by atoms with Crippen LogP contribution in [0.15, 0.2) is 24.7 Å². The molecule has 2 rings (SSSR count). The number of rotatable bonds is 4. The molecule has 0 aliphatic rings. The Morgan fingerprint density at radius 1 is 1.47 bits per heavy atom. The summed E-state index contributed by atoms with van der Waals surface area (Å²) in [6.07, 6.45) is 5.31. The zero-order valence-corrected chi connectivity index (χ0v) is 10.1. The molecule has 0 spiro atoms. The second-order valence-corrected chi connectivity index (χ2v) is 3.95. The lowest BCUT2D eigenvalue weighted by Gasteiger charge is -2.17. The lowest BCUT2D eigenvalue weighted by molar-refractivity contribution is 0.603. The van der Waals surface area contributed by atoms with Gasteiger partial charge in [-0.05, 0) is 25.1 Å². The van der Waals surface area contributed by atoms with Gasteiger partial charge in [-0.2, -0.15) is 0 Å². The summed E-state index contributed by atoms with van der Waals surface area (Å²) in [4.78, 5) is 11.6. The maximum atomic E-state index is 5.93. The number of nitrogens with two attached hydrogens (primary N) is 1. The molecule has 0 fully saturated rings. The highest BCUT2D eigenvalue weighted by atomic mass is 15.0. The van der Waals surface area contributed by atoms with Crippen molar-refractivity contribution < 1.29 is 0 Å². The van der Waals surface area contributed by atoms with Crippen LogP contribution < -0.4 is 11.1 Å². The van der Waals surface area contributed by atoms with Crippen molar-refractivity contribution in [2.24, 2.45) is 0 Å². The maximum Gasteiger partial charge on any atom is 0.128 e. The molecule has 4 N–H and O–H groups in total. The van der Waals surface area contributed by atoms with E-state index in [4.69, 9.17) is 5.73 Å². The van der Waals surface area contributed by atoms with Gasteiger partial charge in [0.2, 0.25) is 0 Å². The molecule has 5 nitrogen and oxygen atoms in total. The smallest absolute Gasteiger partial charge is 0.128 e. The van der Waals surface area contributed by atoms with E-state index in [1.807, 2.05) is 13.0 Å². The Balaban J connectivity index is 2.42. The number of nitrogens with one attached hydrogen (secondary N) is 2. The van der Waals surface area contributed by atoms with Crippen LogP contribution in [0.3, 0.4) is 0 Å². The van der Waals surface area contributed by atoms with Gasteiger partial charge in [-0.1, -0.05) is 6.92 Å². The van der Waals surface area contributed by atoms with E-state index >= 15 is 0 Å². The minimum absolute atomic E-state index is 0.0394. The number of anilines is 1. The van der Waals surface area contributed by atoms with Crippen molar-refractivity contribution in [3.05, 3.63) is 41.6 Å². The van der Waals surface area contributed by atoms with Crippen molar-refractivity contribution in [2.45, 2.75) is 19.9 Å². The molecular formula is C12H17N5. The Bertz CT molecular complexity index is 478. The zero-order valence-electron chi connectivity index (χ0n) is 10.1. The SMILES string of the molecule is CCNC(c1ncc[nH]1)c1cc(C)cnc1N. The molecule has 17 heavy (non-hydrogen) atoms. The fraction of sp³-hybridized carbons (Fsp3) is 0.333. The van der Waals surface area contributed by atoms with Crippen molar-refractivity contribution in [3.8, 4) is 0 Å². The number of aromatic nitrogens is 3. The molecule has 2 heterocycles. The van der Waals surface area contributed by atoms with E-state index in [1.165, 1.54) is 0 Å². The monoisotopic (exact) mass is 231 g/mol. The third-order valence-electron chi connectivity index (χ3n) is 2.60. The van der Waals surface area contributed by atoms with Crippen LogP contribution in [0.2, 0.25) is 0 Å². The number of aryl methyl sites for hydroxylation is 1. The van der Waals surface area contributed by atoms with Crippen LogP contribution >= 0.6 is 0 Å². The van der Waals surface area contributed by atoms with Crippen LogP contribution in [0.25, 0.3) is 0 Å². The number of nitrogen functional groups attached to an aromatic ring is 1. The highest BCUT2D eigenvalue weighted by Crippen LogP contribution is 2.23. The minimum Gasteiger partial charge on any atom is -0.383 e. The van der Waals surface area contributed by atoms with E-state index in [0.29, 0.717) is 5.82 Å². The van der Waals surface area contributed by atoms with Crippen LogP contribution in [-0.4, -0.2) is 21.5 Å². The third kappa shape index (κ3) is 2.45. The second-order valence-electron chi connectivity index (χ2n) is 3.95. The van der Waals surface area contributed by atoms with Crippen LogP contribution in [-0.2, 0) is 0 Å². The van der Waals surface area contributed by atoms with Gasteiger partial charge in [0.05, 0.1) is 6.04 Å². The van der Waals surface area contributed by atoms with Gasteiger partial charge in [-0.3, -0.25) is 0 Å². The Morgan fingerprint density at radius 2 is 2.29 bits per heavy atom. The topological polar surface area (TPSA) is 79.6 Å². The van der Waals surface area contributed by atoms with Crippen LogP contribution in [0.4, 0.5) is 5.82 Å². The standard InChI is InChI=1S/C12H17N5/c1-3-14-10(12-15-4-5-16-12)9-6-8(2)7-17-11(9)13/h4-7,10,14H,3H2,1-2H3,(H2,13,17)(H,15,16). The first-order valence-electron chi connectivity index (χ1n) is 5.67. The summed E-state index contributed by atoms with van der Waals surface area (Å²) < 4.78 is 0. The van der Waals surface area contributed by atoms with Crippen LogP contribution in [0.5, 0.6) is 0 Å². The molecule has 1 atom stereocenters. The van der Waals surface area contributed by atoms with Crippen molar-refractivity contribution in [1.82, 2.24) is 20.3 Å². The molecule has 0 aliphatic carbocycles. The summed E-state index contributed by atoms with van der Waals surface area (Å²) in [6.45, 7) is 4.88. The number of hydrogen-bond acceptors (Lipinski definition) is 4. The van der Waals surface area contributed by atoms with Gasteiger partial charge < -0.3 is 16.0 Å². The first kappa shape index (κ1) is 11.6. The Hall–Kier alpha value is -1.88. The Morgan fingerprint density at radius 3 is 2.94 bits per heavy atom. The van der Waals surface area contributed by atoms with E-state index < -0.39 is 0 Å². The fourth-order valence-corrected chi connectivity index (χ4v) is 1.83. The van der Waals surface area contributed by atoms with Gasteiger partial charge in [-0.25, -0.2) is 9.97 Å². The molecule has 0 radical (unpaired) electrons. The average molecular weight is 231 g/mol. The predicted octanol–water partition coefficient (Wildman–Crippen LogP) is 1.39. The van der Waals surface area contributed by atoms with Gasteiger partial charge in [-0.15, -0.1) is 0 Å². The molecule has 2 aromatic heterocycles. The van der Waals surface area contributed by atoms with Crippen molar-refractivity contribution in [2.75, 3.05) is 12.3 Å². The largest absolute Gasteiger partial charge is 0.383 e. The van der Waals surface area contributed by atoms with E-state index in [1.54, 1.807) is 18.6 Å². The van der Waals surface area contributed by atoms with Crippen LogP contribution in [0.1, 0.15) is 29.9 Å². The fourth-order valence-electron chi connectivity index (χ4n) is 1.83. The van der Waals surface area contributed by atoms with Crippen molar-refractivity contribution in [3.63, 3.8) is 0 Å². The quantitative estimate of drug-likeness (QED) is 0.743.